The standard InChI is InChI=1S/C13H17BrFNO/c14-11-3-4-12(15)10(6-11)7-13(16)9-2-1-5-17-8-9/h3-4,6,9,13H,1-2,5,7-8,16H2. The molecule has 0 bridgehead atoms. The number of rotatable bonds is 3. The quantitative estimate of drug-likeness (QED) is 0.932. The van der Waals surface area contributed by atoms with Crippen LogP contribution in [0.25, 0.3) is 0 Å². The van der Waals surface area contributed by atoms with Crippen LogP contribution in [0, 0.1) is 11.7 Å². The van der Waals surface area contributed by atoms with Gasteiger partial charge in [0, 0.05) is 17.1 Å². The van der Waals surface area contributed by atoms with E-state index in [1.54, 1.807) is 12.1 Å². The Bertz CT molecular complexity index is 380. The summed E-state index contributed by atoms with van der Waals surface area (Å²) < 4.78 is 19.9. The highest BCUT2D eigenvalue weighted by atomic mass is 79.9. The lowest BCUT2D eigenvalue weighted by Crippen LogP contribution is -2.37. The molecule has 1 fully saturated rings. The van der Waals surface area contributed by atoms with Crippen molar-refractivity contribution < 1.29 is 9.13 Å². The van der Waals surface area contributed by atoms with Crippen LogP contribution in [0.3, 0.4) is 0 Å². The van der Waals surface area contributed by atoms with Crippen LogP contribution in [0.15, 0.2) is 22.7 Å². The van der Waals surface area contributed by atoms with E-state index >= 15 is 0 Å². The molecule has 0 amide bonds. The van der Waals surface area contributed by atoms with Crippen molar-refractivity contribution in [3.05, 3.63) is 34.1 Å². The fourth-order valence-corrected chi connectivity index (χ4v) is 2.63. The first-order valence-corrected chi connectivity index (χ1v) is 6.73. The molecule has 1 aliphatic heterocycles. The van der Waals surface area contributed by atoms with Crippen molar-refractivity contribution in [3.63, 3.8) is 0 Å². The van der Waals surface area contributed by atoms with Gasteiger partial charge in [-0.1, -0.05) is 15.9 Å². The highest BCUT2D eigenvalue weighted by Crippen LogP contribution is 2.22. The maximum absolute atomic E-state index is 13.6. The molecule has 1 aromatic carbocycles. The minimum Gasteiger partial charge on any atom is -0.381 e. The van der Waals surface area contributed by atoms with Crippen LogP contribution in [-0.4, -0.2) is 19.3 Å². The largest absolute Gasteiger partial charge is 0.381 e. The number of ether oxygens (including phenoxy) is 1. The summed E-state index contributed by atoms with van der Waals surface area (Å²) >= 11 is 3.35. The molecule has 0 saturated carbocycles. The minimum absolute atomic E-state index is 0.0286. The van der Waals surface area contributed by atoms with Gasteiger partial charge >= 0.3 is 0 Å². The number of halogens is 2. The van der Waals surface area contributed by atoms with E-state index in [2.05, 4.69) is 15.9 Å². The molecule has 0 radical (unpaired) electrons. The topological polar surface area (TPSA) is 35.2 Å². The molecule has 1 aliphatic rings. The Kier molecular flexibility index (Phi) is 4.54. The van der Waals surface area contributed by atoms with Crippen molar-refractivity contribution in [3.8, 4) is 0 Å². The van der Waals surface area contributed by atoms with Gasteiger partial charge in [0.05, 0.1) is 6.61 Å². The van der Waals surface area contributed by atoms with Gasteiger partial charge < -0.3 is 10.5 Å². The number of benzene rings is 1. The molecule has 2 nitrogen and oxygen atoms in total. The first-order valence-electron chi connectivity index (χ1n) is 5.94. The van der Waals surface area contributed by atoms with Crippen LogP contribution >= 0.6 is 15.9 Å². The summed E-state index contributed by atoms with van der Waals surface area (Å²) in [4.78, 5) is 0. The summed E-state index contributed by atoms with van der Waals surface area (Å²) in [7, 11) is 0. The van der Waals surface area contributed by atoms with E-state index < -0.39 is 0 Å². The van der Waals surface area contributed by atoms with Crippen molar-refractivity contribution in [2.45, 2.75) is 25.3 Å². The van der Waals surface area contributed by atoms with Crippen LogP contribution in [0.1, 0.15) is 18.4 Å². The predicted molar refractivity (Wildman–Crippen MR) is 69.3 cm³/mol. The molecule has 1 aromatic rings. The van der Waals surface area contributed by atoms with E-state index in [-0.39, 0.29) is 11.9 Å². The van der Waals surface area contributed by atoms with Crippen molar-refractivity contribution in [2.24, 2.45) is 11.7 Å². The van der Waals surface area contributed by atoms with Gasteiger partial charge in [-0.15, -0.1) is 0 Å². The van der Waals surface area contributed by atoms with E-state index in [1.807, 2.05) is 0 Å². The molecule has 4 heteroatoms. The lowest BCUT2D eigenvalue weighted by atomic mass is 9.90. The van der Waals surface area contributed by atoms with Gasteiger partial charge in [-0.2, -0.15) is 0 Å². The van der Waals surface area contributed by atoms with Crippen molar-refractivity contribution in [1.29, 1.82) is 0 Å². The summed E-state index contributed by atoms with van der Waals surface area (Å²) in [6.45, 7) is 1.53. The summed E-state index contributed by atoms with van der Waals surface area (Å²) in [6.07, 6.45) is 2.70. The van der Waals surface area contributed by atoms with E-state index in [4.69, 9.17) is 10.5 Å². The number of hydrogen-bond donors (Lipinski definition) is 1. The molecule has 0 aliphatic carbocycles. The molecule has 1 heterocycles. The van der Waals surface area contributed by atoms with Crippen LogP contribution in [-0.2, 0) is 11.2 Å². The van der Waals surface area contributed by atoms with Gasteiger partial charge in [-0.3, -0.25) is 0 Å². The van der Waals surface area contributed by atoms with Gasteiger partial charge in [0.2, 0.25) is 0 Å². The van der Waals surface area contributed by atoms with Crippen LogP contribution < -0.4 is 5.73 Å². The Morgan fingerprint density at radius 2 is 2.35 bits per heavy atom. The second-order valence-electron chi connectivity index (χ2n) is 4.58. The van der Waals surface area contributed by atoms with Gasteiger partial charge in [0.1, 0.15) is 5.82 Å². The monoisotopic (exact) mass is 301 g/mol. The normalized spacial score (nSPS) is 22.4. The molecule has 2 unspecified atom stereocenters. The zero-order valence-electron chi connectivity index (χ0n) is 9.66. The van der Waals surface area contributed by atoms with E-state index in [1.165, 1.54) is 6.07 Å². The average molecular weight is 302 g/mol. The third kappa shape index (κ3) is 3.50. The van der Waals surface area contributed by atoms with E-state index in [9.17, 15) is 4.39 Å². The van der Waals surface area contributed by atoms with Crippen LogP contribution in [0.2, 0.25) is 0 Å². The third-order valence-electron chi connectivity index (χ3n) is 3.26. The average Bonchev–Trinajstić information content (AvgIpc) is 2.35. The minimum atomic E-state index is -0.180. The summed E-state index contributed by atoms with van der Waals surface area (Å²) in [5.41, 5.74) is 6.82. The number of hydrogen-bond acceptors (Lipinski definition) is 2. The Morgan fingerprint density at radius 1 is 1.53 bits per heavy atom. The summed E-state index contributed by atoms with van der Waals surface area (Å²) in [6, 6.07) is 4.95. The second-order valence-corrected chi connectivity index (χ2v) is 5.50. The first-order chi connectivity index (χ1) is 8.16. The fourth-order valence-electron chi connectivity index (χ4n) is 2.22. The molecule has 0 aromatic heterocycles. The maximum atomic E-state index is 13.6. The highest BCUT2D eigenvalue weighted by Gasteiger charge is 2.22. The van der Waals surface area contributed by atoms with E-state index in [0.29, 0.717) is 24.5 Å². The van der Waals surface area contributed by atoms with Crippen molar-refractivity contribution in [2.75, 3.05) is 13.2 Å². The van der Waals surface area contributed by atoms with Gasteiger partial charge in [-0.05, 0) is 48.9 Å². The zero-order valence-corrected chi connectivity index (χ0v) is 11.2. The predicted octanol–water partition coefficient (Wildman–Crippen LogP) is 2.88. The Labute approximate surface area is 109 Å². The highest BCUT2D eigenvalue weighted by molar-refractivity contribution is 9.10. The summed E-state index contributed by atoms with van der Waals surface area (Å²) in [5.74, 6) is 0.169. The second kappa shape index (κ2) is 5.94. The molecular formula is C13H17BrFNO. The molecule has 94 valence electrons. The molecule has 17 heavy (non-hydrogen) atoms. The van der Waals surface area contributed by atoms with Crippen LogP contribution in [0.4, 0.5) is 4.39 Å². The fraction of sp³-hybridized carbons (Fsp3) is 0.538. The van der Waals surface area contributed by atoms with Crippen molar-refractivity contribution >= 4 is 15.9 Å². The van der Waals surface area contributed by atoms with Gasteiger partial charge in [0.15, 0.2) is 0 Å². The molecule has 2 rings (SSSR count). The van der Waals surface area contributed by atoms with Crippen molar-refractivity contribution in [1.82, 2.24) is 0 Å². The maximum Gasteiger partial charge on any atom is 0.126 e. The third-order valence-corrected chi connectivity index (χ3v) is 3.76. The van der Waals surface area contributed by atoms with E-state index in [0.717, 1.165) is 23.9 Å². The lowest BCUT2D eigenvalue weighted by Gasteiger charge is -2.27. The van der Waals surface area contributed by atoms with Gasteiger partial charge in [0.25, 0.3) is 0 Å². The first kappa shape index (κ1) is 13.0. The Balaban J connectivity index is 2.01. The molecule has 2 N–H and O–H groups in total. The SMILES string of the molecule is NC(Cc1cc(Br)ccc1F)C1CCCOC1. The zero-order chi connectivity index (χ0) is 12.3. The Morgan fingerprint density at radius 3 is 3.06 bits per heavy atom. The summed E-state index contributed by atoms with van der Waals surface area (Å²) in [5, 5.41) is 0. The molecule has 1 saturated heterocycles. The molecule has 2 atom stereocenters. The van der Waals surface area contributed by atoms with Gasteiger partial charge in [-0.25, -0.2) is 4.39 Å². The lowest BCUT2D eigenvalue weighted by molar-refractivity contribution is 0.0449. The molecule has 0 spiro atoms. The van der Waals surface area contributed by atoms with Crippen LogP contribution in [0.5, 0.6) is 0 Å². The Hall–Kier alpha value is -0.450. The number of nitrogens with two attached hydrogens (primary N) is 1. The smallest absolute Gasteiger partial charge is 0.126 e. The molecular weight excluding hydrogens is 285 g/mol.